The van der Waals surface area contributed by atoms with Crippen LogP contribution in [0.25, 0.3) is 10.9 Å². The molecule has 2 heterocycles. The number of carbonyl (C=O) groups excluding carboxylic acids is 2. The Kier molecular flexibility index (Phi) is 5.16. The topological polar surface area (TPSA) is 54.3 Å². The molecular weight excluding hydrogens is 386 g/mol. The van der Waals surface area contributed by atoms with E-state index in [2.05, 4.69) is 26.1 Å². The Morgan fingerprint density at radius 3 is 2.32 bits per heavy atom. The number of benzene rings is 2. The zero-order chi connectivity index (χ0) is 22.4. The van der Waals surface area contributed by atoms with Gasteiger partial charge in [0.05, 0.1) is 5.69 Å². The molecule has 1 atom stereocenters. The molecule has 0 saturated carbocycles. The highest BCUT2D eigenvalue weighted by Gasteiger charge is 2.41. The lowest BCUT2D eigenvalue weighted by atomic mass is 9.81. The van der Waals surface area contributed by atoms with E-state index in [0.29, 0.717) is 0 Å². The minimum Gasteiger partial charge on any atom is -0.349 e. The normalized spacial score (nSPS) is 17.0. The number of hydrogen-bond donors (Lipinski definition) is 1. The van der Waals surface area contributed by atoms with Crippen molar-refractivity contribution < 1.29 is 9.59 Å². The lowest BCUT2D eigenvalue weighted by Gasteiger charge is -2.39. The molecule has 4 rings (SSSR count). The van der Waals surface area contributed by atoms with Crippen molar-refractivity contribution in [3.05, 3.63) is 66.4 Å². The van der Waals surface area contributed by atoms with E-state index in [4.69, 9.17) is 0 Å². The number of para-hydroxylation sites is 2. The Bertz CT molecular complexity index is 1120. The van der Waals surface area contributed by atoms with Gasteiger partial charge in [-0.3, -0.25) is 14.5 Å². The Labute approximate surface area is 184 Å². The van der Waals surface area contributed by atoms with Crippen LogP contribution in [0.2, 0.25) is 0 Å². The summed E-state index contributed by atoms with van der Waals surface area (Å²) in [6.45, 7) is 10.8. The van der Waals surface area contributed by atoms with E-state index in [9.17, 15) is 9.59 Å². The van der Waals surface area contributed by atoms with Gasteiger partial charge in [0.1, 0.15) is 6.54 Å². The van der Waals surface area contributed by atoms with E-state index in [0.717, 1.165) is 28.7 Å². The molecule has 0 fully saturated rings. The lowest BCUT2D eigenvalue weighted by Crippen LogP contribution is -2.54. The van der Waals surface area contributed by atoms with Crippen LogP contribution in [0.1, 0.15) is 52.8 Å². The van der Waals surface area contributed by atoms with Crippen LogP contribution < -0.4 is 10.2 Å². The first-order chi connectivity index (χ1) is 14.6. The van der Waals surface area contributed by atoms with Crippen LogP contribution in [0.4, 0.5) is 5.69 Å². The number of carbonyl (C=O) groups is 2. The van der Waals surface area contributed by atoms with Gasteiger partial charge in [0.25, 0.3) is 0 Å². The third kappa shape index (κ3) is 4.22. The van der Waals surface area contributed by atoms with Gasteiger partial charge in [-0.25, -0.2) is 0 Å². The van der Waals surface area contributed by atoms with Gasteiger partial charge in [0.2, 0.25) is 11.8 Å². The Balaban J connectivity index is 1.80. The summed E-state index contributed by atoms with van der Waals surface area (Å²) in [5.74, 6) is -0.246. The monoisotopic (exact) mass is 417 g/mol. The van der Waals surface area contributed by atoms with Gasteiger partial charge < -0.3 is 9.88 Å². The van der Waals surface area contributed by atoms with Crippen LogP contribution in [0, 0.1) is 5.41 Å². The molecule has 162 valence electrons. The van der Waals surface area contributed by atoms with Crippen LogP contribution in [0.5, 0.6) is 0 Å². The molecule has 5 heteroatoms. The van der Waals surface area contributed by atoms with E-state index < -0.39 is 11.6 Å². The smallest absolute Gasteiger partial charge is 0.249 e. The van der Waals surface area contributed by atoms with E-state index in [-0.39, 0.29) is 23.8 Å². The van der Waals surface area contributed by atoms with Crippen LogP contribution in [-0.4, -0.2) is 21.9 Å². The largest absolute Gasteiger partial charge is 0.349 e. The Morgan fingerprint density at radius 2 is 1.65 bits per heavy atom. The van der Waals surface area contributed by atoms with E-state index in [1.807, 2.05) is 79.1 Å². The molecule has 1 aliphatic heterocycles. The van der Waals surface area contributed by atoms with Crippen LogP contribution >= 0.6 is 0 Å². The highest BCUT2D eigenvalue weighted by atomic mass is 16.2. The molecule has 5 nitrogen and oxygen atoms in total. The first-order valence-corrected chi connectivity index (χ1v) is 10.8. The fourth-order valence-electron chi connectivity index (χ4n) is 5.03. The molecule has 1 aromatic heterocycles. The standard InChI is InChI=1S/C26H31N3O2/c1-25(2,3)17-26(4,5)27-24(31)23-21-15-18-11-9-10-14-20(18)28(21)16-22(30)29(23)19-12-7-6-8-13-19/h6-15,23H,16-17H2,1-5H3,(H,27,31). The zero-order valence-corrected chi connectivity index (χ0v) is 19.0. The van der Waals surface area contributed by atoms with Crippen LogP contribution in [0.15, 0.2) is 60.7 Å². The van der Waals surface area contributed by atoms with Crippen molar-refractivity contribution in [2.75, 3.05) is 4.90 Å². The molecule has 0 aliphatic carbocycles. The maximum absolute atomic E-state index is 13.8. The predicted molar refractivity (Wildman–Crippen MR) is 125 cm³/mol. The van der Waals surface area contributed by atoms with Gasteiger partial charge >= 0.3 is 0 Å². The van der Waals surface area contributed by atoms with E-state index >= 15 is 0 Å². The number of nitrogens with zero attached hydrogens (tertiary/aromatic N) is 2. The first kappa shape index (κ1) is 21.2. The molecule has 0 spiro atoms. The zero-order valence-electron chi connectivity index (χ0n) is 19.0. The molecule has 0 radical (unpaired) electrons. The molecule has 3 aromatic rings. The van der Waals surface area contributed by atoms with Gasteiger partial charge in [-0.05, 0) is 55.3 Å². The SMILES string of the molecule is CC(C)(C)CC(C)(C)NC(=O)C1c2cc3ccccc3n2CC(=O)N1c1ccccc1. The molecule has 31 heavy (non-hydrogen) atoms. The maximum Gasteiger partial charge on any atom is 0.249 e. The molecule has 0 saturated heterocycles. The maximum atomic E-state index is 13.8. The van der Waals surface area contributed by atoms with Crippen LogP contribution in [0.3, 0.4) is 0 Å². The molecule has 2 amide bonds. The number of anilines is 1. The number of hydrogen-bond acceptors (Lipinski definition) is 2. The Hall–Kier alpha value is -3.08. The van der Waals surface area contributed by atoms with Crippen molar-refractivity contribution in [1.29, 1.82) is 0 Å². The summed E-state index contributed by atoms with van der Waals surface area (Å²) >= 11 is 0. The summed E-state index contributed by atoms with van der Waals surface area (Å²) in [6.07, 6.45) is 0.820. The molecular formula is C26H31N3O2. The predicted octanol–water partition coefficient (Wildman–Crippen LogP) is 5.06. The quantitative estimate of drug-likeness (QED) is 0.645. The third-order valence-corrected chi connectivity index (χ3v) is 5.66. The minimum absolute atomic E-state index is 0.0627. The number of nitrogens with one attached hydrogen (secondary N) is 1. The summed E-state index contributed by atoms with van der Waals surface area (Å²) in [5.41, 5.74) is 2.21. The van der Waals surface area contributed by atoms with Crippen molar-refractivity contribution in [3.8, 4) is 0 Å². The Morgan fingerprint density at radius 1 is 1.00 bits per heavy atom. The van der Waals surface area contributed by atoms with E-state index in [1.54, 1.807) is 4.90 Å². The summed E-state index contributed by atoms with van der Waals surface area (Å²) in [6, 6.07) is 18.8. The van der Waals surface area contributed by atoms with Gasteiger partial charge in [-0.1, -0.05) is 57.2 Å². The second-order valence-electron chi connectivity index (χ2n) is 10.3. The first-order valence-electron chi connectivity index (χ1n) is 10.8. The lowest BCUT2D eigenvalue weighted by molar-refractivity contribution is -0.129. The fraction of sp³-hybridized carbons (Fsp3) is 0.385. The van der Waals surface area contributed by atoms with E-state index in [1.165, 1.54) is 0 Å². The summed E-state index contributed by atoms with van der Waals surface area (Å²) < 4.78 is 1.98. The van der Waals surface area contributed by atoms with Gasteiger partial charge in [0.15, 0.2) is 6.04 Å². The highest BCUT2D eigenvalue weighted by molar-refractivity contribution is 6.04. The number of fused-ring (bicyclic) bond motifs is 3. The van der Waals surface area contributed by atoms with Crippen molar-refractivity contribution in [1.82, 2.24) is 9.88 Å². The van der Waals surface area contributed by atoms with Gasteiger partial charge in [0, 0.05) is 16.7 Å². The highest BCUT2D eigenvalue weighted by Crippen LogP contribution is 2.36. The van der Waals surface area contributed by atoms with Crippen molar-refractivity contribution in [2.45, 2.75) is 59.2 Å². The third-order valence-electron chi connectivity index (χ3n) is 5.66. The average molecular weight is 418 g/mol. The molecule has 1 aliphatic rings. The second-order valence-corrected chi connectivity index (χ2v) is 10.3. The number of rotatable bonds is 4. The molecule has 2 aromatic carbocycles. The van der Waals surface area contributed by atoms with Crippen molar-refractivity contribution in [3.63, 3.8) is 0 Å². The van der Waals surface area contributed by atoms with Crippen LogP contribution in [-0.2, 0) is 16.1 Å². The molecule has 1 unspecified atom stereocenters. The summed E-state index contributed by atoms with van der Waals surface area (Å²) in [4.78, 5) is 28.7. The summed E-state index contributed by atoms with van der Waals surface area (Å²) in [5, 5.41) is 4.28. The van der Waals surface area contributed by atoms with Gasteiger partial charge in [-0.15, -0.1) is 0 Å². The second kappa shape index (κ2) is 7.56. The van der Waals surface area contributed by atoms with Crippen molar-refractivity contribution in [2.24, 2.45) is 5.41 Å². The van der Waals surface area contributed by atoms with Gasteiger partial charge in [-0.2, -0.15) is 0 Å². The van der Waals surface area contributed by atoms with Crippen molar-refractivity contribution >= 4 is 28.4 Å². The molecule has 1 N–H and O–H groups in total. The number of aromatic nitrogens is 1. The average Bonchev–Trinajstić information content (AvgIpc) is 3.03. The number of amides is 2. The fourth-order valence-corrected chi connectivity index (χ4v) is 5.03. The summed E-state index contributed by atoms with van der Waals surface area (Å²) in [7, 11) is 0. The minimum atomic E-state index is -0.727. The molecule has 0 bridgehead atoms.